The number of halogens is 1. The van der Waals surface area contributed by atoms with Crippen LogP contribution in [0.1, 0.15) is 23.9 Å². The van der Waals surface area contributed by atoms with E-state index >= 15 is 0 Å². The van der Waals surface area contributed by atoms with E-state index in [1.54, 1.807) is 0 Å². The fourth-order valence-electron chi connectivity index (χ4n) is 2.36. The van der Waals surface area contributed by atoms with Crippen LogP contribution in [0.5, 0.6) is 0 Å². The summed E-state index contributed by atoms with van der Waals surface area (Å²) in [6, 6.07) is 10.1. The largest absolute Gasteiger partial charge is 0.357 e. The summed E-state index contributed by atoms with van der Waals surface area (Å²) in [5.41, 5.74) is 4.28. The second kappa shape index (κ2) is 9.98. The topological polar surface area (TPSA) is 54.2 Å². The molecule has 0 atom stereocenters. The summed E-state index contributed by atoms with van der Waals surface area (Å²) in [6.45, 7) is 7.91. The third-order valence-corrected chi connectivity index (χ3v) is 3.54. The van der Waals surface area contributed by atoms with Crippen LogP contribution in [0.2, 0.25) is 0 Å². The van der Waals surface area contributed by atoms with E-state index in [0.717, 1.165) is 35.1 Å². The molecule has 0 aliphatic carbocycles. The normalized spacial score (nSPS) is 10.7. The van der Waals surface area contributed by atoms with Crippen molar-refractivity contribution >= 4 is 29.9 Å². The third kappa shape index (κ3) is 4.99. The highest BCUT2D eigenvalue weighted by molar-refractivity contribution is 14.0. The van der Waals surface area contributed by atoms with Gasteiger partial charge < -0.3 is 10.6 Å². The summed E-state index contributed by atoms with van der Waals surface area (Å²) in [5, 5.41) is 10.9. The molecule has 1 aromatic carbocycles. The first-order chi connectivity index (χ1) is 11.2. The molecule has 2 N–H and O–H groups in total. The molecule has 5 nitrogen and oxygen atoms in total. The number of hydrogen-bond acceptors (Lipinski definition) is 2. The molecule has 0 fully saturated rings. The van der Waals surface area contributed by atoms with E-state index < -0.39 is 0 Å². The molecule has 0 bridgehead atoms. The van der Waals surface area contributed by atoms with Crippen LogP contribution in [0.4, 0.5) is 0 Å². The van der Waals surface area contributed by atoms with Crippen LogP contribution in [-0.4, -0.2) is 28.8 Å². The summed E-state index contributed by atoms with van der Waals surface area (Å²) in [7, 11) is 0. The number of nitrogens with one attached hydrogen (secondary N) is 2. The van der Waals surface area contributed by atoms with Crippen molar-refractivity contribution in [3.05, 3.63) is 47.3 Å². The van der Waals surface area contributed by atoms with Gasteiger partial charge in [0, 0.05) is 17.8 Å². The van der Waals surface area contributed by atoms with Gasteiger partial charge in [-0.2, -0.15) is 5.10 Å². The second-order valence-corrected chi connectivity index (χ2v) is 5.15. The molecule has 0 aliphatic rings. The highest BCUT2D eigenvalue weighted by atomic mass is 127. The molecule has 0 spiro atoms. The van der Waals surface area contributed by atoms with Crippen molar-refractivity contribution in [2.75, 3.05) is 13.1 Å². The summed E-state index contributed by atoms with van der Waals surface area (Å²) < 4.78 is 1.96. The van der Waals surface area contributed by atoms with Gasteiger partial charge in [-0.05, 0) is 32.9 Å². The molecule has 0 amide bonds. The lowest BCUT2D eigenvalue weighted by Gasteiger charge is -2.09. The number of para-hydroxylation sites is 1. The number of aryl methyl sites for hydroxylation is 1. The van der Waals surface area contributed by atoms with Crippen molar-refractivity contribution < 1.29 is 0 Å². The number of hydrogen-bond donors (Lipinski definition) is 2. The molecule has 0 unspecified atom stereocenters. The van der Waals surface area contributed by atoms with Crippen LogP contribution in [0.3, 0.4) is 0 Å². The van der Waals surface area contributed by atoms with Gasteiger partial charge in [-0.25, -0.2) is 9.67 Å². The molecule has 2 aromatic rings. The molecule has 6 heteroatoms. The molecule has 1 aromatic heterocycles. The Morgan fingerprint density at radius 3 is 2.58 bits per heavy atom. The maximum Gasteiger partial charge on any atom is 0.192 e. The zero-order valence-electron chi connectivity index (χ0n) is 14.3. The first-order valence-electron chi connectivity index (χ1n) is 7.73. The van der Waals surface area contributed by atoms with E-state index in [-0.39, 0.29) is 24.0 Å². The number of terminal acetylenes is 1. The van der Waals surface area contributed by atoms with Gasteiger partial charge in [-0.3, -0.25) is 0 Å². The average Bonchev–Trinajstić information content (AvgIpc) is 2.85. The lowest BCUT2D eigenvalue weighted by Crippen LogP contribution is -2.37. The SMILES string of the molecule is C#CCNC(=NCc1c(C)nn(-c2ccccc2)c1C)NCC.I. The smallest absolute Gasteiger partial charge is 0.192 e. The standard InChI is InChI=1S/C18H23N5.HI/c1-5-12-20-18(19-6-2)21-13-17-14(3)22-23(15(17)4)16-10-8-7-9-11-16;/h1,7-11H,6,12-13H2,2-4H3,(H2,19,20,21);1H. The maximum absolute atomic E-state index is 5.29. The molecule has 0 radical (unpaired) electrons. The van der Waals surface area contributed by atoms with Crippen molar-refractivity contribution in [2.24, 2.45) is 4.99 Å². The van der Waals surface area contributed by atoms with Gasteiger partial charge in [0.05, 0.1) is 24.5 Å². The van der Waals surface area contributed by atoms with Crippen LogP contribution in [-0.2, 0) is 6.54 Å². The Bertz CT molecular complexity index is 713. The van der Waals surface area contributed by atoms with Gasteiger partial charge >= 0.3 is 0 Å². The molecule has 128 valence electrons. The van der Waals surface area contributed by atoms with Crippen LogP contribution < -0.4 is 10.6 Å². The quantitative estimate of drug-likeness (QED) is 0.328. The van der Waals surface area contributed by atoms with E-state index in [1.807, 2.05) is 48.9 Å². The van der Waals surface area contributed by atoms with Gasteiger partial charge in [0.2, 0.25) is 0 Å². The highest BCUT2D eigenvalue weighted by Crippen LogP contribution is 2.18. The Morgan fingerprint density at radius 1 is 1.25 bits per heavy atom. The molecule has 1 heterocycles. The first kappa shape index (κ1) is 20.0. The lowest BCUT2D eigenvalue weighted by atomic mass is 10.2. The number of nitrogens with zero attached hydrogens (tertiary/aromatic N) is 3. The van der Waals surface area contributed by atoms with Gasteiger partial charge in [0.1, 0.15) is 0 Å². The van der Waals surface area contributed by atoms with E-state index in [9.17, 15) is 0 Å². The van der Waals surface area contributed by atoms with Crippen molar-refractivity contribution in [2.45, 2.75) is 27.3 Å². The molecule has 24 heavy (non-hydrogen) atoms. The molecule has 0 aliphatic heterocycles. The number of aliphatic imine (C=N–C) groups is 1. The summed E-state index contributed by atoms with van der Waals surface area (Å²) >= 11 is 0. The fraction of sp³-hybridized carbons (Fsp3) is 0.333. The van der Waals surface area contributed by atoms with E-state index in [4.69, 9.17) is 6.42 Å². The monoisotopic (exact) mass is 437 g/mol. The van der Waals surface area contributed by atoms with Gasteiger partial charge in [-0.1, -0.05) is 24.1 Å². The summed E-state index contributed by atoms with van der Waals surface area (Å²) in [4.78, 5) is 4.60. The summed E-state index contributed by atoms with van der Waals surface area (Å²) in [5.74, 6) is 3.27. The van der Waals surface area contributed by atoms with E-state index in [2.05, 4.69) is 33.6 Å². The number of aromatic nitrogens is 2. The minimum absolute atomic E-state index is 0. The zero-order valence-corrected chi connectivity index (χ0v) is 16.7. The minimum Gasteiger partial charge on any atom is -0.357 e. The van der Waals surface area contributed by atoms with Crippen LogP contribution in [0.15, 0.2) is 35.3 Å². The Hall–Kier alpha value is -2.01. The molecular weight excluding hydrogens is 413 g/mol. The van der Waals surface area contributed by atoms with Crippen LogP contribution in [0.25, 0.3) is 5.69 Å². The first-order valence-corrected chi connectivity index (χ1v) is 7.73. The predicted molar refractivity (Wildman–Crippen MR) is 110 cm³/mol. The Morgan fingerprint density at radius 2 is 1.96 bits per heavy atom. The molecule has 0 saturated heterocycles. The Balaban J connectivity index is 0.00000288. The number of benzene rings is 1. The van der Waals surface area contributed by atoms with Gasteiger partial charge in [0.25, 0.3) is 0 Å². The molecular formula is C18H24IN5. The van der Waals surface area contributed by atoms with Crippen LogP contribution in [0, 0.1) is 26.2 Å². The number of guanidine groups is 1. The van der Waals surface area contributed by atoms with Crippen molar-refractivity contribution in [3.63, 3.8) is 0 Å². The summed E-state index contributed by atoms with van der Waals surface area (Å²) in [6.07, 6.45) is 5.29. The number of rotatable bonds is 5. The Labute approximate surface area is 161 Å². The minimum atomic E-state index is 0. The van der Waals surface area contributed by atoms with Crippen molar-refractivity contribution in [1.29, 1.82) is 0 Å². The van der Waals surface area contributed by atoms with Crippen molar-refractivity contribution in [3.8, 4) is 18.0 Å². The predicted octanol–water partition coefficient (Wildman–Crippen LogP) is 2.80. The second-order valence-electron chi connectivity index (χ2n) is 5.15. The van der Waals surface area contributed by atoms with E-state index in [1.165, 1.54) is 0 Å². The van der Waals surface area contributed by atoms with E-state index in [0.29, 0.717) is 13.1 Å². The highest BCUT2D eigenvalue weighted by Gasteiger charge is 2.12. The Kier molecular flexibility index (Phi) is 8.33. The maximum atomic E-state index is 5.29. The van der Waals surface area contributed by atoms with Crippen LogP contribution >= 0.6 is 24.0 Å². The van der Waals surface area contributed by atoms with Crippen molar-refractivity contribution in [1.82, 2.24) is 20.4 Å². The lowest BCUT2D eigenvalue weighted by molar-refractivity contribution is 0.831. The third-order valence-electron chi connectivity index (χ3n) is 3.54. The fourth-order valence-corrected chi connectivity index (χ4v) is 2.36. The molecule has 2 rings (SSSR count). The average molecular weight is 437 g/mol. The zero-order chi connectivity index (χ0) is 16.7. The van der Waals surface area contributed by atoms with Gasteiger partial charge in [0.15, 0.2) is 5.96 Å². The molecule has 0 saturated carbocycles. The van der Waals surface area contributed by atoms with Gasteiger partial charge in [-0.15, -0.1) is 30.4 Å².